The second-order valence-electron chi connectivity index (χ2n) is 4.45. The average molecular weight is 327 g/mol. The number of nitrogens with one attached hydrogen (secondary N) is 1. The van der Waals surface area contributed by atoms with E-state index in [1.807, 2.05) is 0 Å². The highest BCUT2D eigenvalue weighted by Crippen LogP contribution is 2.31. The van der Waals surface area contributed by atoms with Gasteiger partial charge in [0.15, 0.2) is 0 Å². The summed E-state index contributed by atoms with van der Waals surface area (Å²) in [5.74, 6) is 0.173. The molecule has 0 bridgehead atoms. The second-order valence-corrected chi connectivity index (χ2v) is 6.51. The van der Waals surface area contributed by atoms with Crippen LogP contribution in [0.15, 0.2) is 41.3 Å². The predicted molar refractivity (Wildman–Crippen MR) is 84.4 cm³/mol. The Kier molecular flexibility index (Phi) is 4.29. The first-order valence-corrected chi connectivity index (χ1v) is 7.92. The lowest BCUT2D eigenvalue weighted by molar-refractivity contribution is 0.403. The minimum Gasteiger partial charge on any atom is -0.495 e. The number of halogens is 1. The van der Waals surface area contributed by atoms with Crippen molar-refractivity contribution in [2.24, 2.45) is 0 Å². The highest BCUT2D eigenvalue weighted by atomic mass is 35.5. The summed E-state index contributed by atoms with van der Waals surface area (Å²) in [5.41, 5.74) is 7.12. The Bertz CT molecular complexity index is 756. The largest absolute Gasteiger partial charge is 0.495 e. The van der Waals surface area contributed by atoms with Crippen molar-refractivity contribution in [3.05, 3.63) is 47.0 Å². The van der Waals surface area contributed by atoms with Gasteiger partial charge in [0.2, 0.25) is 0 Å². The van der Waals surface area contributed by atoms with Gasteiger partial charge in [-0.15, -0.1) is 0 Å². The van der Waals surface area contributed by atoms with Crippen LogP contribution < -0.4 is 15.2 Å². The molecule has 7 heteroatoms. The van der Waals surface area contributed by atoms with Gasteiger partial charge in [0.05, 0.1) is 17.8 Å². The van der Waals surface area contributed by atoms with Gasteiger partial charge in [-0.25, -0.2) is 8.42 Å². The van der Waals surface area contributed by atoms with Gasteiger partial charge in [-0.1, -0.05) is 23.7 Å². The number of rotatable bonds is 4. The van der Waals surface area contributed by atoms with Crippen molar-refractivity contribution < 1.29 is 13.2 Å². The zero-order valence-corrected chi connectivity index (χ0v) is 13.1. The molecule has 0 heterocycles. The highest BCUT2D eigenvalue weighted by molar-refractivity contribution is 7.92. The van der Waals surface area contributed by atoms with E-state index >= 15 is 0 Å². The molecule has 0 aromatic heterocycles. The molecule has 0 aliphatic carbocycles. The van der Waals surface area contributed by atoms with Gasteiger partial charge in [0.25, 0.3) is 10.0 Å². The first kappa shape index (κ1) is 15.5. The molecule has 0 spiro atoms. The van der Waals surface area contributed by atoms with Gasteiger partial charge in [-0.3, -0.25) is 4.72 Å². The second kappa shape index (κ2) is 5.83. The molecule has 3 N–H and O–H groups in total. The summed E-state index contributed by atoms with van der Waals surface area (Å²) in [6.07, 6.45) is 0. The quantitative estimate of drug-likeness (QED) is 0.846. The summed E-state index contributed by atoms with van der Waals surface area (Å²) in [6, 6.07) is 9.48. The zero-order chi connectivity index (χ0) is 15.6. The molecule has 0 aliphatic rings. The molecule has 112 valence electrons. The van der Waals surface area contributed by atoms with E-state index in [4.69, 9.17) is 22.1 Å². The number of aryl methyl sites for hydroxylation is 1. The van der Waals surface area contributed by atoms with Crippen molar-refractivity contribution >= 4 is 33.0 Å². The number of methoxy groups -OCH3 is 1. The van der Waals surface area contributed by atoms with Crippen molar-refractivity contribution in [3.63, 3.8) is 0 Å². The summed E-state index contributed by atoms with van der Waals surface area (Å²) in [4.78, 5) is -0.00137. The first-order valence-electron chi connectivity index (χ1n) is 6.06. The van der Waals surface area contributed by atoms with Crippen LogP contribution in [0.5, 0.6) is 5.75 Å². The molecule has 0 aliphatic heterocycles. The molecule has 0 saturated carbocycles. The van der Waals surface area contributed by atoms with Crippen molar-refractivity contribution in [2.75, 3.05) is 17.6 Å². The molecule has 2 rings (SSSR count). The molecule has 2 aromatic carbocycles. The summed E-state index contributed by atoms with van der Waals surface area (Å²) < 4.78 is 32.6. The molecule has 0 radical (unpaired) electrons. The molecule has 5 nitrogen and oxygen atoms in total. The van der Waals surface area contributed by atoms with Crippen LogP contribution in [0.3, 0.4) is 0 Å². The normalized spacial score (nSPS) is 11.2. The summed E-state index contributed by atoms with van der Waals surface area (Å²) in [7, 11) is -2.45. The number of sulfonamides is 1. The summed E-state index contributed by atoms with van der Waals surface area (Å²) in [6.45, 7) is 1.77. The average Bonchev–Trinajstić information content (AvgIpc) is 2.42. The lowest BCUT2D eigenvalue weighted by Gasteiger charge is -2.14. The lowest BCUT2D eigenvalue weighted by Crippen LogP contribution is -2.15. The Labute approximate surface area is 128 Å². The molecule has 2 aromatic rings. The monoisotopic (exact) mass is 326 g/mol. The summed E-state index contributed by atoms with van der Waals surface area (Å²) in [5, 5.41) is 0.327. The third-order valence-corrected chi connectivity index (χ3v) is 4.64. The third kappa shape index (κ3) is 3.22. The lowest BCUT2D eigenvalue weighted by atomic mass is 10.2. The van der Waals surface area contributed by atoms with Gasteiger partial charge < -0.3 is 10.5 Å². The molecular formula is C14H15ClN2O3S. The van der Waals surface area contributed by atoms with Crippen LogP contribution in [0, 0.1) is 6.92 Å². The molecule has 0 atom stereocenters. The van der Waals surface area contributed by atoms with Crippen molar-refractivity contribution in [3.8, 4) is 5.75 Å². The van der Waals surface area contributed by atoms with Crippen LogP contribution in [-0.2, 0) is 10.0 Å². The number of ether oxygens (including phenoxy) is 1. The van der Waals surface area contributed by atoms with Gasteiger partial charge in [-0.05, 0) is 30.7 Å². The fraction of sp³-hybridized carbons (Fsp3) is 0.143. The van der Waals surface area contributed by atoms with Crippen LogP contribution in [0.2, 0.25) is 5.02 Å². The molecule has 0 fully saturated rings. The minimum atomic E-state index is -3.83. The van der Waals surface area contributed by atoms with E-state index in [2.05, 4.69) is 4.72 Å². The fourth-order valence-electron chi connectivity index (χ4n) is 1.86. The third-order valence-electron chi connectivity index (χ3n) is 2.94. The van der Waals surface area contributed by atoms with Crippen LogP contribution in [0.4, 0.5) is 11.4 Å². The van der Waals surface area contributed by atoms with E-state index in [1.165, 1.54) is 25.3 Å². The van der Waals surface area contributed by atoms with E-state index in [1.54, 1.807) is 25.1 Å². The number of anilines is 2. The topological polar surface area (TPSA) is 81.4 Å². The van der Waals surface area contributed by atoms with Crippen LogP contribution in [-0.4, -0.2) is 15.5 Å². The predicted octanol–water partition coefficient (Wildman–Crippen LogP) is 3.04. The molecular weight excluding hydrogens is 312 g/mol. The smallest absolute Gasteiger partial charge is 0.265 e. The molecule has 21 heavy (non-hydrogen) atoms. The number of hydrogen-bond donors (Lipinski definition) is 2. The van der Waals surface area contributed by atoms with Crippen molar-refractivity contribution in [2.45, 2.75) is 11.8 Å². The van der Waals surface area contributed by atoms with Gasteiger partial charge in [-0.2, -0.15) is 0 Å². The fourth-order valence-corrected chi connectivity index (χ4v) is 3.49. The zero-order valence-electron chi connectivity index (χ0n) is 11.6. The van der Waals surface area contributed by atoms with Crippen LogP contribution in [0.1, 0.15) is 5.56 Å². The number of nitrogen functional groups attached to an aromatic ring is 1. The standard InChI is InChI=1S/C14H15ClN2O3S/c1-9-4-3-5-11(15)14(9)17-21(18,19)13-7-6-10(16)8-12(13)20-2/h3-8,17H,16H2,1-2H3. The van der Waals surface area contributed by atoms with E-state index in [-0.39, 0.29) is 10.6 Å². The number of hydrogen-bond acceptors (Lipinski definition) is 4. The van der Waals surface area contributed by atoms with Gasteiger partial charge >= 0.3 is 0 Å². The highest BCUT2D eigenvalue weighted by Gasteiger charge is 2.21. The summed E-state index contributed by atoms with van der Waals surface area (Å²) >= 11 is 6.04. The van der Waals surface area contributed by atoms with Crippen LogP contribution in [0.25, 0.3) is 0 Å². The minimum absolute atomic E-state index is 0.00137. The van der Waals surface area contributed by atoms with Gasteiger partial charge in [0.1, 0.15) is 10.6 Å². The number of para-hydroxylation sites is 1. The van der Waals surface area contributed by atoms with Crippen LogP contribution >= 0.6 is 11.6 Å². The Morgan fingerprint density at radius 3 is 2.57 bits per heavy atom. The van der Waals surface area contributed by atoms with E-state index < -0.39 is 10.0 Å². The van der Waals surface area contributed by atoms with E-state index in [0.29, 0.717) is 16.4 Å². The Morgan fingerprint density at radius 2 is 1.95 bits per heavy atom. The SMILES string of the molecule is COc1cc(N)ccc1S(=O)(=O)Nc1c(C)cccc1Cl. The number of benzene rings is 2. The van der Waals surface area contributed by atoms with Crippen molar-refractivity contribution in [1.82, 2.24) is 0 Å². The maximum absolute atomic E-state index is 12.5. The molecule has 0 amide bonds. The maximum atomic E-state index is 12.5. The Hall–Kier alpha value is -1.92. The maximum Gasteiger partial charge on any atom is 0.265 e. The Morgan fingerprint density at radius 1 is 1.24 bits per heavy atom. The van der Waals surface area contributed by atoms with E-state index in [0.717, 1.165) is 5.56 Å². The number of nitrogens with two attached hydrogens (primary N) is 1. The molecule has 0 unspecified atom stereocenters. The van der Waals surface area contributed by atoms with Gasteiger partial charge in [0, 0.05) is 11.8 Å². The molecule has 0 saturated heterocycles. The first-order chi connectivity index (χ1) is 9.85. The van der Waals surface area contributed by atoms with E-state index in [9.17, 15) is 8.42 Å². The Balaban J connectivity index is 2.49. The van der Waals surface area contributed by atoms with Crippen molar-refractivity contribution in [1.29, 1.82) is 0 Å².